The topological polar surface area (TPSA) is 83.6 Å². The first kappa shape index (κ1) is 20.6. The molecule has 0 unspecified atom stereocenters. The van der Waals surface area contributed by atoms with E-state index in [1.807, 2.05) is 20.8 Å². The molecular formula is C14H26N2O4S3. The Balaban J connectivity index is 2.64. The number of nitrogens with zero attached hydrogens (tertiary/aromatic N) is 1. The third-order valence-electron chi connectivity index (χ3n) is 3.33. The predicted molar refractivity (Wildman–Crippen MR) is 94.8 cm³/mol. The van der Waals surface area contributed by atoms with Gasteiger partial charge in [-0.15, -0.1) is 11.3 Å². The molecule has 0 aliphatic carbocycles. The van der Waals surface area contributed by atoms with Crippen LogP contribution < -0.4 is 4.72 Å². The van der Waals surface area contributed by atoms with E-state index in [-0.39, 0.29) is 17.3 Å². The van der Waals surface area contributed by atoms with E-state index in [2.05, 4.69) is 4.72 Å². The minimum atomic E-state index is -3.57. The molecule has 23 heavy (non-hydrogen) atoms. The average molecular weight is 383 g/mol. The van der Waals surface area contributed by atoms with Crippen molar-refractivity contribution in [3.05, 3.63) is 17.0 Å². The van der Waals surface area contributed by atoms with Crippen molar-refractivity contribution in [3.8, 4) is 0 Å². The van der Waals surface area contributed by atoms with Crippen LogP contribution >= 0.6 is 11.3 Å². The van der Waals surface area contributed by atoms with Crippen molar-refractivity contribution in [2.75, 3.05) is 25.9 Å². The average Bonchev–Trinajstić information content (AvgIpc) is 2.90. The van der Waals surface area contributed by atoms with E-state index in [9.17, 15) is 16.8 Å². The number of rotatable bonds is 10. The second-order valence-electron chi connectivity index (χ2n) is 5.82. The molecule has 0 aliphatic rings. The van der Waals surface area contributed by atoms with Gasteiger partial charge in [0.15, 0.2) is 0 Å². The summed E-state index contributed by atoms with van der Waals surface area (Å²) in [5.41, 5.74) is 0. The summed E-state index contributed by atoms with van der Waals surface area (Å²) in [4.78, 5) is 1.00. The maximum Gasteiger partial charge on any atom is 0.250 e. The number of hydrogen-bond donors (Lipinski definition) is 1. The van der Waals surface area contributed by atoms with E-state index in [0.717, 1.165) is 24.0 Å². The van der Waals surface area contributed by atoms with Crippen molar-refractivity contribution >= 4 is 31.4 Å². The summed E-state index contributed by atoms with van der Waals surface area (Å²) in [5.74, 6) is 0.384. The summed E-state index contributed by atoms with van der Waals surface area (Å²) >= 11 is 1.24. The van der Waals surface area contributed by atoms with Gasteiger partial charge in [-0.3, -0.25) is 0 Å². The van der Waals surface area contributed by atoms with Gasteiger partial charge in [0, 0.05) is 24.5 Å². The minimum absolute atomic E-state index is 0.0624. The lowest BCUT2D eigenvalue weighted by atomic mass is 10.1. The summed E-state index contributed by atoms with van der Waals surface area (Å²) in [6.07, 6.45) is 2.68. The highest BCUT2D eigenvalue weighted by atomic mass is 32.2. The Kier molecular flexibility index (Phi) is 7.66. The molecule has 9 heteroatoms. The van der Waals surface area contributed by atoms with Crippen LogP contribution in [0.2, 0.25) is 0 Å². The van der Waals surface area contributed by atoms with Crippen molar-refractivity contribution in [1.29, 1.82) is 0 Å². The fourth-order valence-electron chi connectivity index (χ4n) is 1.91. The lowest BCUT2D eigenvalue weighted by Crippen LogP contribution is -2.38. The van der Waals surface area contributed by atoms with E-state index < -0.39 is 20.0 Å². The van der Waals surface area contributed by atoms with E-state index in [0.29, 0.717) is 12.5 Å². The number of aryl methyl sites for hydroxylation is 1. The maximum atomic E-state index is 12.2. The number of thiophene rings is 1. The molecule has 1 N–H and O–H groups in total. The Morgan fingerprint density at radius 2 is 1.83 bits per heavy atom. The zero-order valence-corrected chi connectivity index (χ0v) is 16.5. The number of hydrogen-bond acceptors (Lipinski definition) is 5. The molecule has 0 spiro atoms. The Labute approximate surface area is 144 Å². The Hall–Kier alpha value is -0.480. The molecule has 0 saturated heterocycles. The third kappa shape index (κ3) is 6.88. The van der Waals surface area contributed by atoms with Crippen molar-refractivity contribution in [2.45, 2.75) is 37.8 Å². The summed E-state index contributed by atoms with van der Waals surface area (Å²) < 4.78 is 52.0. The zero-order chi connectivity index (χ0) is 17.7. The van der Waals surface area contributed by atoms with E-state index in [1.165, 1.54) is 15.6 Å². The molecule has 1 aromatic rings. The normalized spacial score (nSPS) is 13.1. The first-order valence-electron chi connectivity index (χ1n) is 7.59. The second-order valence-corrected chi connectivity index (χ2v) is 11.0. The summed E-state index contributed by atoms with van der Waals surface area (Å²) in [6, 6.07) is 3.38. The Morgan fingerprint density at radius 3 is 2.30 bits per heavy atom. The molecule has 0 atom stereocenters. The fraction of sp³-hybridized carbons (Fsp3) is 0.714. The molecule has 0 aromatic carbocycles. The van der Waals surface area contributed by atoms with Gasteiger partial charge in [0.05, 0.1) is 6.26 Å². The SMILES string of the molecule is CCc1ccc(S(=O)(=O)NCCN(CCC(C)C)S(C)(=O)=O)s1. The molecule has 0 saturated carbocycles. The zero-order valence-electron chi connectivity index (χ0n) is 14.1. The number of sulfonamides is 2. The van der Waals surface area contributed by atoms with Gasteiger partial charge in [-0.25, -0.2) is 25.9 Å². The molecule has 0 bridgehead atoms. The first-order chi connectivity index (χ1) is 10.6. The highest BCUT2D eigenvalue weighted by molar-refractivity contribution is 7.91. The highest BCUT2D eigenvalue weighted by Gasteiger charge is 2.20. The van der Waals surface area contributed by atoms with Crippen LogP contribution in [0.5, 0.6) is 0 Å². The molecule has 6 nitrogen and oxygen atoms in total. The van der Waals surface area contributed by atoms with E-state index in [4.69, 9.17) is 0 Å². The summed E-state index contributed by atoms with van der Waals surface area (Å²) in [5, 5.41) is 0. The smallest absolute Gasteiger partial charge is 0.213 e. The molecule has 0 radical (unpaired) electrons. The molecular weight excluding hydrogens is 356 g/mol. The van der Waals surface area contributed by atoms with Gasteiger partial charge in [-0.2, -0.15) is 0 Å². The van der Waals surface area contributed by atoms with Crippen LogP contribution in [0.15, 0.2) is 16.3 Å². The molecule has 1 aromatic heterocycles. The van der Waals surface area contributed by atoms with Gasteiger partial charge in [0.1, 0.15) is 4.21 Å². The second kappa shape index (κ2) is 8.57. The molecule has 0 aliphatic heterocycles. The van der Waals surface area contributed by atoms with Gasteiger partial charge in [-0.1, -0.05) is 20.8 Å². The van der Waals surface area contributed by atoms with Crippen LogP contribution in [-0.4, -0.2) is 47.0 Å². The van der Waals surface area contributed by atoms with Crippen LogP contribution in [0.1, 0.15) is 32.1 Å². The highest BCUT2D eigenvalue weighted by Crippen LogP contribution is 2.21. The van der Waals surface area contributed by atoms with Crippen LogP contribution in [0, 0.1) is 5.92 Å². The fourth-order valence-corrected chi connectivity index (χ4v) is 5.14. The van der Waals surface area contributed by atoms with Crippen LogP contribution in [0.4, 0.5) is 0 Å². The van der Waals surface area contributed by atoms with Crippen molar-refractivity contribution in [3.63, 3.8) is 0 Å². The van der Waals surface area contributed by atoms with Gasteiger partial charge in [0.2, 0.25) is 20.0 Å². The molecule has 0 amide bonds. The largest absolute Gasteiger partial charge is 0.250 e. The predicted octanol–water partition coefficient (Wildman–Crippen LogP) is 1.90. The monoisotopic (exact) mass is 382 g/mol. The Morgan fingerprint density at radius 1 is 1.17 bits per heavy atom. The standard InChI is InChI=1S/C14H26N2O4S3/c1-5-13-6-7-14(21-13)23(19,20)15-9-11-16(22(4,17)18)10-8-12(2)3/h6-7,12,15H,5,8-11H2,1-4H3. The lowest BCUT2D eigenvalue weighted by Gasteiger charge is -2.20. The number of nitrogens with one attached hydrogen (secondary N) is 1. The van der Waals surface area contributed by atoms with Crippen molar-refractivity contribution < 1.29 is 16.8 Å². The van der Waals surface area contributed by atoms with Crippen LogP contribution in [-0.2, 0) is 26.5 Å². The van der Waals surface area contributed by atoms with Gasteiger partial charge < -0.3 is 0 Å². The first-order valence-corrected chi connectivity index (χ1v) is 11.7. The summed E-state index contributed by atoms with van der Waals surface area (Å²) in [6.45, 7) is 6.60. The Bertz CT molecular complexity index is 693. The van der Waals surface area contributed by atoms with Gasteiger partial charge in [-0.05, 0) is 30.9 Å². The quantitative estimate of drug-likeness (QED) is 0.670. The van der Waals surface area contributed by atoms with Crippen LogP contribution in [0.3, 0.4) is 0 Å². The van der Waals surface area contributed by atoms with Gasteiger partial charge in [0.25, 0.3) is 0 Å². The van der Waals surface area contributed by atoms with E-state index in [1.54, 1.807) is 12.1 Å². The molecule has 1 heterocycles. The van der Waals surface area contributed by atoms with Crippen molar-refractivity contribution in [2.24, 2.45) is 5.92 Å². The molecule has 1 rings (SSSR count). The maximum absolute atomic E-state index is 12.2. The lowest BCUT2D eigenvalue weighted by molar-refractivity contribution is 0.385. The third-order valence-corrected chi connectivity index (χ3v) is 7.81. The summed E-state index contributed by atoms with van der Waals surface area (Å²) in [7, 11) is -6.92. The van der Waals surface area contributed by atoms with Gasteiger partial charge >= 0.3 is 0 Å². The van der Waals surface area contributed by atoms with Crippen molar-refractivity contribution in [1.82, 2.24) is 9.03 Å². The minimum Gasteiger partial charge on any atom is -0.213 e. The van der Waals surface area contributed by atoms with Crippen LogP contribution in [0.25, 0.3) is 0 Å². The van der Waals surface area contributed by atoms with E-state index >= 15 is 0 Å². The molecule has 0 fully saturated rings. The molecule has 134 valence electrons.